The molecule has 0 amide bonds. The van der Waals surface area contributed by atoms with Crippen molar-refractivity contribution in [2.45, 2.75) is 117 Å². The minimum Gasteiger partial charge on any atom is -0.127 e. The van der Waals surface area contributed by atoms with Crippen LogP contribution in [-0.2, 0) is 0 Å². The van der Waals surface area contributed by atoms with Crippen LogP contribution in [0.5, 0.6) is 0 Å². The molecule has 0 aliphatic heterocycles. The van der Waals surface area contributed by atoms with Gasteiger partial charge in [0.2, 0.25) is 0 Å². The first kappa shape index (κ1) is 22.6. The van der Waals surface area contributed by atoms with Crippen molar-refractivity contribution in [1.82, 2.24) is 0 Å². The van der Waals surface area contributed by atoms with Gasteiger partial charge < -0.3 is 0 Å². The van der Waals surface area contributed by atoms with E-state index in [0.717, 1.165) is 5.88 Å². The third-order valence-corrected chi connectivity index (χ3v) is 3.96. The summed E-state index contributed by atoms with van der Waals surface area (Å²) >= 11 is 5.38. The predicted octanol–water partition coefficient (Wildman–Crippen LogP) is 8.12. The molecule has 0 radical (unpaired) electrons. The molecule has 1 heteroatoms. The second-order valence-electron chi connectivity index (χ2n) is 5.93. The minimum absolute atomic E-state index is 0.827. The molecule has 20 heavy (non-hydrogen) atoms. The van der Waals surface area contributed by atoms with Crippen LogP contribution in [0.15, 0.2) is 0 Å². The molecular formula is C19H41Cl. The Kier molecular flexibility index (Phi) is 27.4. The molecule has 0 saturated carbocycles. The lowest BCUT2D eigenvalue weighted by atomic mass is 10.1. The summed E-state index contributed by atoms with van der Waals surface area (Å²) in [4.78, 5) is 0. The van der Waals surface area contributed by atoms with Gasteiger partial charge in [-0.2, -0.15) is 0 Å². The van der Waals surface area contributed by atoms with Crippen LogP contribution in [0.2, 0.25) is 0 Å². The summed E-state index contributed by atoms with van der Waals surface area (Å²) in [6.45, 7) is 6.74. The Morgan fingerprint density at radius 1 is 0.400 bits per heavy atom. The van der Waals surface area contributed by atoms with Crippen molar-refractivity contribution >= 4 is 11.6 Å². The molecule has 0 rings (SSSR count). The molecule has 0 fully saturated rings. The van der Waals surface area contributed by atoms with Crippen LogP contribution in [0, 0.1) is 0 Å². The number of hydrogen-bond acceptors (Lipinski definition) is 0. The van der Waals surface area contributed by atoms with Gasteiger partial charge in [-0.1, -0.05) is 111 Å². The molecule has 0 bridgehead atoms. The summed E-state index contributed by atoms with van der Waals surface area (Å²) in [6.07, 6.45) is 21.2. The largest absolute Gasteiger partial charge is 0.127 e. The summed E-state index contributed by atoms with van der Waals surface area (Å²) < 4.78 is 0. The maximum Gasteiger partial charge on any atom is 0.0223 e. The molecule has 0 saturated heterocycles. The van der Waals surface area contributed by atoms with Gasteiger partial charge in [0.15, 0.2) is 0 Å². The minimum atomic E-state index is 0.827. The molecule has 0 aromatic carbocycles. The van der Waals surface area contributed by atoms with Crippen LogP contribution in [0.3, 0.4) is 0 Å². The third kappa shape index (κ3) is 26.8. The van der Waals surface area contributed by atoms with E-state index in [2.05, 4.69) is 20.8 Å². The zero-order valence-electron chi connectivity index (χ0n) is 14.7. The topological polar surface area (TPSA) is 0 Å². The first-order chi connectivity index (χ1) is 9.83. The van der Waals surface area contributed by atoms with Gasteiger partial charge in [-0.25, -0.2) is 0 Å². The quantitative estimate of drug-likeness (QED) is 0.224. The Balaban J connectivity index is 0. The molecule has 0 aromatic heterocycles. The first-order valence-electron chi connectivity index (χ1n) is 9.39. The van der Waals surface area contributed by atoms with Crippen LogP contribution >= 0.6 is 11.6 Å². The monoisotopic (exact) mass is 304 g/mol. The molecule has 0 heterocycles. The summed E-state index contributed by atoms with van der Waals surface area (Å²) in [5.74, 6) is 0.827. The van der Waals surface area contributed by atoms with Crippen molar-refractivity contribution in [1.29, 1.82) is 0 Å². The highest BCUT2D eigenvalue weighted by Crippen LogP contribution is 2.11. The normalized spacial score (nSPS) is 10.2. The van der Waals surface area contributed by atoms with Gasteiger partial charge >= 0.3 is 0 Å². The average molecular weight is 305 g/mol. The molecule has 124 valence electrons. The van der Waals surface area contributed by atoms with Crippen molar-refractivity contribution in [3.05, 3.63) is 0 Å². The highest BCUT2D eigenvalue weighted by Gasteiger charge is 1.91. The smallest absolute Gasteiger partial charge is 0.0223 e. The van der Waals surface area contributed by atoms with E-state index < -0.39 is 0 Å². The molecule has 0 aliphatic rings. The van der Waals surface area contributed by atoms with Crippen LogP contribution in [-0.4, -0.2) is 5.88 Å². The van der Waals surface area contributed by atoms with Gasteiger partial charge in [-0.05, 0) is 6.42 Å². The Bertz CT molecular complexity index is 118. The Morgan fingerprint density at radius 2 is 0.650 bits per heavy atom. The second kappa shape index (κ2) is 24.3. The standard InChI is InChI=1S/C14H30.C5H11Cl/c1-3-5-7-9-11-13-14-12-10-8-6-4-2;1-2-3-4-5-6/h3-14H2,1-2H3;2-5H2,1H3. The van der Waals surface area contributed by atoms with E-state index in [1.165, 1.54) is 96.3 Å². The molecule has 0 N–H and O–H groups in total. The Labute approximate surface area is 135 Å². The second-order valence-corrected chi connectivity index (χ2v) is 6.31. The maximum absolute atomic E-state index is 5.38. The molecule has 0 atom stereocenters. The predicted molar refractivity (Wildman–Crippen MR) is 97.0 cm³/mol. The van der Waals surface area contributed by atoms with Crippen LogP contribution < -0.4 is 0 Å². The van der Waals surface area contributed by atoms with E-state index in [0.29, 0.717) is 0 Å². The van der Waals surface area contributed by atoms with Gasteiger partial charge in [0.1, 0.15) is 0 Å². The van der Waals surface area contributed by atoms with Crippen molar-refractivity contribution in [2.24, 2.45) is 0 Å². The van der Waals surface area contributed by atoms with Gasteiger partial charge in [0.05, 0.1) is 0 Å². The van der Waals surface area contributed by atoms with E-state index in [1.54, 1.807) is 0 Å². The van der Waals surface area contributed by atoms with E-state index in [9.17, 15) is 0 Å². The summed E-state index contributed by atoms with van der Waals surface area (Å²) in [6, 6.07) is 0. The van der Waals surface area contributed by atoms with Gasteiger partial charge in [0, 0.05) is 5.88 Å². The van der Waals surface area contributed by atoms with Crippen molar-refractivity contribution < 1.29 is 0 Å². The van der Waals surface area contributed by atoms with E-state index in [-0.39, 0.29) is 0 Å². The molecule has 0 spiro atoms. The zero-order valence-corrected chi connectivity index (χ0v) is 15.4. The number of alkyl halides is 1. The summed E-state index contributed by atoms with van der Waals surface area (Å²) in [7, 11) is 0. The van der Waals surface area contributed by atoms with Crippen molar-refractivity contribution in [3.63, 3.8) is 0 Å². The molecule has 0 aliphatic carbocycles. The van der Waals surface area contributed by atoms with Crippen LogP contribution in [0.25, 0.3) is 0 Å². The summed E-state index contributed by atoms with van der Waals surface area (Å²) in [5, 5.41) is 0. The highest BCUT2D eigenvalue weighted by atomic mass is 35.5. The van der Waals surface area contributed by atoms with Crippen molar-refractivity contribution in [3.8, 4) is 0 Å². The lowest BCUT2D eigenvalue weighted by molar-refractivity contribution is 0.548. The Hall–Kier alpha value is 0.290. The van der Waals surface area contributed by atoms with Crippen LogP contribution in [0.1, 0.15) is 117 Å². The number of unbranched alkanes of at least 4 members (excludes halogenated alkanes) is 13. The third-order valence-electron chi connectivity index (χ3n) is 3.69. The lowest BCUT2D eigenvalue weighted by Crippen LogP contribution is -1.81. The fourth-order valence-electron chi connectivity index (χ4n) is 2.26. The van der Waals surface area contributed by atoms with E-state index >= 15 is 0 Å². The number of rotatable bonds is 14. The van der Waals surface area contributed by atoms with E-state index in [1.807, 2.05) is 0 Å². The number of halogens is 1. The first-order valence-corrected chi connectivity index (χ1v) is 9.92. The van der Waals surface area contributed by atoms with Gasteiger partial charge in [0.25, 0.3) is 0 Å². The summed E-state index contributed by atoms with van der Waals surface area (Å²) in [5.41, 5.74) is 0. The lowest BCUT2D eigenvalue weighted by Gasteiger charge is -2.01. The Morgan fingerprint density at radius 3 is 0.850 bits per heavy atom. The van der Waals surface area contributed by atoms with Crippen LogP contribution in [0.4, 0.5) is 0 Å². The molecule has 0 aromatic rings. The molecular weight excluding hydrogens is 264 g/mol. The fraction of sp³-hybridized carbons (Fsp3) is 1.00. The van der Waals surface area contributed by atoms with Gasteiger partial charge in [-0.3, -0.25) is 0 Å². The van der Waals surface area contributed by atoms with Gasteiger partial charge in [-0.15, -0.1) is 11.6 Å². The molecule has 0 unspecified atom stereocenters. The SMILES string of the molecule is CCCCCCCCCCCCCC.CCCCCCl. The fourth-order valence-corrected chi connectivity index (χ4v) is 2.45. The van der Waals surface area contributed by atoms with E-state index in [4.69, 9.17) is 11.6 Å². The maximum atomic E-state index is 5.38. The highest BCUT2D eigenvalue weighted by molar-refractivity contribution is 6.17. The average Bonchev–Trinajstić information content (AvgIpc) is 2.48. The van der Waals surface area contributed by atoms with Crippen molar-refractivity contribution in [2.75, 3.05) is 5.88 Å². The molecule has 0 nitrogen and oxygen atoms in total. The zero-order chi connectivity index (χ0) is 15.3. The number of hydrogen-bond donors (Lipinski definition) is 0.